The van der Waals surface area contributed by atoms with Gasteiger partial charge in [-0.15, -0.1) is 0 Å². The van der Waals surface area contributed by atoms with Crippen molar-refractivity contribution in [1.29, 1.82) is 0 Å². The lowest BCUT2D eigenvalue weighted by Crippen LogP contribution is -2.12. The molecule has 0 amide bonds. The fraction of sp³-hybridized carbons (Fsp3) is 0.308. The molecule has 1 aromatic heterocycles. The molecule has 2 aromatic rings. The Morgan fingerprint density at radius 1 is 1.25 bits per heavy atom. The first-order valence-electron chi connectivity index (χ1n) is 5.53. The summed E-state index contributed by atoms with van der Waals surface area (Å²) in [6, 6.07) is 8.82. The molecule has 3 heteroatoms. The van der Waals surface area contributed by atoms with E-state index in [9.17, 15) is 4.79 Å². The first-order valence-corrected chi connectivity index (χ1v) is 6.41. The van der Waals surface area contributed by atoms with E-state index in [-0.39, 0.29) is 4.87 Å². The highest BCUT2D eigenvalue weighted by atomic mass is 32.1. The molecule has 2 nitrogen and oxygen atoms in total. The maximum absolute atomic E-state index is 11.7. The van der Waals surface area contributed by atoms with Crippen LogP contribution >= 0.6 is 11.3 Å². The van der Waals surface area contributed by atoms with Crippen molar-refractivity contribution >= 4 is 11.3 Å². The molecule has 0 N–H and O–H groups in total. The third-order valence-electron chi connectivity index (χ3n) is 2.99. The molecule has 1 aliphatic rings. The fourth-order valence-electron chi connectivity index (χ4n) is 1.93. The zero-order valence-corrected chi connectivity index (χ0v) is 9.96. The molecular weight excluding hydrogens is 218 g/mol. The zero-order chi connectivity index (χ0) is 11.1. The summed E-state index contributed by atoms with van der Waals surface area (Å²) in [5.41, 5.74) is 3.48. The molecule has 0 unspecified atom stereocenters. The third-order valence-corrected chi connectivity index (χ3v) is 3.73. The SMILES string of the molecule is Cc1ccc(-c2csc(=O)n2C2CC2)cc1. The van der Waals surface area contributed by atoms with Gasteiger partial charge in [0.25, 0.3) is 0 Å². The second-order valence-corrected chi connectivity index (χ2v) is 5.17. The maximum atomic E-state index is 11.7. The van der Waals surface area contributed by atoms with Crippen LogP contribution in [0.5, 0.6) is 0 Å². The summed E-state index contributed by atoms with van der Waals surface area (Å²) in [5.74, 6) is 0. The number of aromatic nitrogens is 1. The van der Waals surface area contributed by atoms with E-state index in [0.29, 0.717) is 6.04 Å². The number of benzene rings is 1. The zero-order valence-electron chi connectivity index (χ0n) is 9.14. The summed E-state index contributed by atoms with van der Waals surface area (Å²) in [4.78, 5) is 11.9. The average Bonchev–Trinajstić information content (AvgIpc) is 3.04. The minimum atomic E-state index is 0.179. The fourth-order valence-corrected chi connectivity index (χ4v) is 2.75. The molecule has 1 saturated carbocycles. The number of thiazole rings is 1. The van der Waals surface area contributed by atoms with Crippen LogP contribution in [0.1, 0.15) is 24.4 Å². The molecule has 3 rings (SSSR count). The number of rotatable bonds is 2. The van der Waals surface area contributed by atoms with Crippen molar-refractivity contribution in [1.82, 2.24) is 4.57 Å². The van der Waals surface area contributed by atoms with Crippen molar-refractivity contribution in [2.24, 2.45) is 0 Å². The molecule has 1 aliphatic carbocycles. The Morgan fingerprint density at radius 2 is 1.94 bits per heavy atom. The summed E-state index contributed by atoms with van der Waals surface area (Å²) in [6.07, 6.45) is 2.30. The lowest BCUT2D eigenvalue weighted by Gasteiger charge is -2.06. The van der Waals surface area contributed by atoms with Gasteiger partial charge in [0.1, 0.15) is 0 Å². The summed E-state index contributed by atoms with van der Waals surface area (Å²) >= 11 is 1.31. The van der Waals surface area contributed by atoms with Crippen molar-refractivity contribution in [3.8, 4) is 11.3 Å². The van der Waals surface area contributed by atoms with E-state index in [0.717, 1.165) is 24.1 Å². The summed E-state index contributed by atoms with van der Waals surface area (Å²) in [7, 11) is 0. The number of hydrogen-bond donors (Lipinski definition) is 0. The van der Waals surface area contributed by atoms with Crippen LogP contribution in [0, 0.1) is 6.92 Å². The van der Waals surface area contributed by atoms with Gasteiger partial charge >= 0.3 is 4.87 Å². The van der Waals surface area contributed by atoms with Gasteiger partial charge in [0.05, 0.1) is 5.69 Å². The normalized spacial score (nSPS) is 15.3. The van der Waals surface area contributed by atoms with Crippen LogP contribution in [-0.4, -0.2) is 4.57 Å². The summed E-state index contributed by atoms with van der Waals surface area (Å²) in [6.45, 7) is 2.07. The van der Waals surface area contributed by atoms with Gasteiger partial charge in [-0.3, -0.25) is 9.36 Å². The van der Waals surface area contributed by atoms with Crippen LogP contribution in [0.2, 0.25) is 0 Å². The predicted molar refractivity (Wildman–Crippen MR) is 67.0 cm³/mol. The minimum absolute atomic E-state index is 0.179. The molecule has 0 atom stereocenters. The molecule has 0 radical (unpaired) electrons. The van der Waals surface area contributed by atoms with Crippen molar-refractivity contribution in [2.45, 2.75) is 25.8 Å². The molecule has 1 aromatic carbocycles. The van der Waals surface area contributed by atoms with E-state index in [1.165, 1.54) is 16.9 Å². The van der Waals surface area contributed by atoms with E-state index < -0.39 is 0 Å². The molecule has 0 bridgehead atoms. The van der Waals surface area contributed by atoms with Crippen LogP contribution in [-0.2, 0) is 0 Å². The van der Waals surface area contributed by atoms with Crippen LogP contribution in [0.4, 0.5) is 0 Å². The molecule has 0 aliphatic heterocycles. The summed E-state index contributed by atoms with van der Waals surface area (Å²) in [5, 5.41) is 1.98. The van der Waals surface area contributed by atoms with Crippen LogP contribution in [0.25, 0.3) is 11.3 Å². The molecule has 82 valence electrons. The van der Waals surface area contributed by atoms with E-state index in [1.54, 1.807) is 0 Å². The highest BCUT2D eigenvalue weighted by Crippen LogP contribution is 2.37. The Kier molecular flexibility index (Phi) is 2.21. The quantitative estimate of drug-likeness (QED) is 0.777. The van der Waals surface area contributed by atoms with E-state index in [1.807, 2.05) is 9.95 Å². The van der Waals surface area contributed by atoms with Crippen LogP contribution in [0.3, 0.4) is 0 Å². The molecule has 0 spiro atoms. The first kappa shape index (κ1) is 9.85. The number of nitrogens with zero attached hydrogens (tertiary/aromatic N) is 1. The van der Waals surface area contributed by atoms with Gasteiger partial charge < -0.3 is 0 Å². The molecule has 16 heavy (non-hydrogen) atoms. The summed E-state index contributed by atoms with van der Waals surface area (Å²) < 4.78 is 1.95. The van der Waals surface area contributed by atoms with Gasteiger partial charge in [0, 0.05) is 11.4 Å². The molecule has 1 heterocycles. The predicted octanol–water partition coefficient (Wildman–Crippen LogP) is 3.22. The first-order chi connectivity index (χ1) is 7.75. The van der Waals surface area contributed by atoms with Crippen molar-refractivity contribution in [2.75, 3.05) is 0 Å². The molecule has 1 fully saturated rings. The third kappa shape index (κ3) is 1.61. The second kappa shape index (κ2) is 3.59. The largest absolute Gasteiger partial charge is 0.307 e. The van der Waals surface area contributed by atoms with Gasteiger partial charge in [-0.25, -0.2) is 0 Å². The lowest BCUT2D eigenvalue weighted by atomic mass is 10.1. The van der Waals surface area contributed by atoms with E-state index in [2.05, 4.69) is 31.2 Å². The number of hydrogen-bond acceptors (Lipinski definition) is 2. The van der Waals surface area contributed by atoms with Crippen LogP contribution in [0.15, 0.2) is 34.4 Å². The Hall–Kier alpha value is -1.35. The maximum Gasteiger partial charge on any atom is 0.307 e. The van der Waals surface area contributed by atoms with Crippen molar-refractivity contribution in [3.05, 3.63) is 44.9 Å². The van der Waals surface area contributed by atoms with Gasteiger partial charge in [0.15, 0.2) is 0 Å². The van der Waals surface area contributed by atoms with Crippen LogP contribution < -0.4 is 4.87 Å². The van der Waals surface area contributed by atoms with E-state index >= 15 is 0 Å². The van der Waals surface area contributed by atoms with Gasteiger partial charge in [-0.2, -0.15) is 0 Å². The van der Waals surface area contributed by atoms with Crippen molar-refractivity contribution < 1.29 is 0 Å². The Balaban J connectivity index is 2.12. The lowest BCUT2D eigenvalue weighted by molar-refractivity contribution is 0.736. The second-order valence-electron chi connectivity index (χ2n) is 4.35. The molecule has 0 saturated heterocycles. The van der Waals surface area contributed by atoms with Gasteiger partial charge in [-0.05, 0) is 25.3 Å². The highest BCUT2D eigenvalue weighted by molar-refractivity contribution is 7.07. The van der Waals surface area contributed by atoms with Crippen molar-refractivity contribution in [3.63, 3.8) is 0 Å². The topological polar surface area (TPSA) is 22.0 Å². The Morgan fingerprint density at radius 3 is 2.56 bits per heavy atom. The Labute approximate surface area is 98.2 Å². The smallest absolute Gasteiger partial charge is 0.296 e. The monoisotopic (exact) mass is 231 g/mol. The molecular formula is C13H13NOS. The van der Waals surface area contributed by atoms with E-state index in [4.69, 9.17) is 0 Å². The van der Waals surface area contributed by atoms with Gasteiger partial charge in [-0.1, -0.05) is 41.2 Å². The Bertz CT molecular complexity index is 560. The van der Waals surface area contributed by atoms with Gasteiger partial charge in [0.2, 0.25) is 0 Å². The minimum Gasteiger partial charge on any atom is -0.296 e. The highest BCUT2D eigenvalue weighted by Gasteiger charge is 2.27. The standard InChI is InChI=1S/C13H13NOS/c1-9-2-4-10(5-3-9)12-8-16-13(15)14(12)11-6-7-11/h2-5,8,11H,6-7H2,1H3. The average molecular weight is 231 g/mol. The number of aryl methyl sites for hydroxylation is 1.